The summed E-state index contributed by atoms with van der Waals surface area (Å²) in [5.41, 5.74) is 3.78. The van der Waals surface area contributed by atoms with E-state index in [-0.39, 0.29) is 11.5 Å². The van der Waals surface area contributed by atoms with Crippen LogP contribution in [0.25, 0.3) is 11.1 Å². The molecule has 0 unspecified atom stereocenters. The van der Waals surface area contributed by atoms with Gasteiger partial charge in [0.25, 0.3) is 0 Å². The van der Waals surface area contributed by atoms with Crippen molar-refractivity contribution in [3.05, 3.63) is 59.7 Å². The molecule has 1 aliphatic rings. The highest BCUT2D eigenvalue weighted by Crippen LogP contribution is 2.35. The average Bonchev–Trinajstić information content (AvgIpc) is 2.66. The first-order valence-electron chi connectivity index (χ1n) is 5.06. The lowest BCUT2D eigenvalue weighted by Crippen LogP contribution is -1.93. The highest BCUT2D eigenvalue weighted by molar-refractivity contribution is 6.54. The third kappa shape index (κ3) is 1.99. The Morgan fingerprint density at radius 3 is 1.41 bits per heavy atom. The lowest BCUT2D eigenvalue weighted by molar-refractivity contribution is 0.104. The number of hydrogen-bond acceptors (Lipinski definition) is 2. The van der Waals surface area contributed by atoms with E-state index < -0.39 is 0 Å². The fourth-order valence-electron chi connectivity index (χ4n) is 1.98. The van der Waals surface area contributed by atoms with Gasteiger partial charge in [-0.05, 0) is 22.7 Å². The van der Waals surface area contributed by atoms with Gasteiger partial charge in [0.15, 0.2) is 5.78 Å². The first-order chi connectivity index (χ1) is 8.29. The predicted molar refractivity (Wildman–Crippen MR) is 67.9 cm³/mol. The smallest absolute Gasteiger partial charge is 0.208 e. The van der Waals surface area contributed by atoms with E-state index in [2.05, 4.69) is 11.6 Å². The summed E-state index contributed by atoms with van der Waals surface area (Å²) in [5, 5.41) is 0. The van der Waals surface area contributed by atoms with Crippen LogP contribution < -0.4 is 0 Å². The molecule has 2 aromatic rings. The lowest BCUT2D eigenvalue weighted by atomic mass is 10.1. The summed E-state index contributed by atoms with van der Waals surface area (Å²) >= 11 is 4.32. The number of carbonyl (C=O) groups is 2. The lowest BCUT2D eigenvalue weighted by Gasteiger charge is -1.96. The van der Waals surface area contributed by atoms with Gasteiger partial charge in [0, 0.05) is 11.1 Å². The second-order valence-corrected chi connectivity index (χ2v) is 3.69. The number of ketones is 1. The number of fused-ring (bicyclic) bond motifs is 3. The van der Waals surface area contributed by atoms with Gasteiger partial charge in [0.2, 0.25) is 5.75 Å². The molecular formula is C14H9ClO2. The Balaban J connectivity index is 0.000000329. The Labute approximate surface area is 104 Å². The summed E-state index contributed by atoms with van der Waals surface area (Å²) in [5.74, 6) is 0.371. The number of hydrogen-bond donors (Lipinski definition) is 0. The van der Waals surface area contributed by atoms with Crippen LogP contribution in [0.5, 0.6) is 0 Å². The molecular weight excluding hydrogens is 236 g/mol. The molecule has 0 saturated heterocycles. The van der Waals surface area contributed by atoms with Gasteiger partial charge in [0.05, 0.1) is 0 Å². The van der Waals surface area contributed by atoms with Crippen molar-refractivity contribution in [3.8, 4) is 11.1 Å². The molecule has 1 aliphatic carbocycles. The molecule has 17 heavy (non-hydrogen) atoms. The summed E-state index contributed by atoms with van der Waals surface area (Å²) in [7, 11) is 0. The molecule has 3 rings (SSSR count). The molecule has 0 spiro atoms. The maximum Gasteiger partial charge on any atom is 0.208 e. The SMILES string of the molecule is O=C1c2ccccc2-c2ccccc21.O=CCl. The fourth-order valence-corrected chi connectivity index (χ4v) is 1.98. The minimum Gasteiger partial charge on any atom is -0.289 e. The van der Waals surface area contributed by atoms with Crippen LogP contribution in [0.2, 0.25) is 0 Å². The van der Waals surface area contributed by atoms with Crippen LogP contribution >= 0.6 is 11.6 Å². The van der Waals surface area contributed by atoms with Gasteiger partial charge < -0.3 is 0 Å². The standard InChI is InChI=1S/C13H8O.CHClO/c14-13-11-7-3-1-5-9(11)10-6-2-4-8-12(10)13;2-1-3/h1-8H;1H. The predicted octanol–water partition coefficient (Wildman–Crippen LogP) is 3.31. The van der Waals surface area contributed by atoms with Crippen LogP contribution in [0.15, 0.2) is 48.5 Å². The zero-order valence-corrected chi connectivity index (χ0v) is 9.65. The Morgan fingerprint density at radius 2 is 1.06 bits per heavy atom. The van der Waals surface area contributed by atoms with Gasteiger partial charge in [-0.1, -0.05) is 48.5 Å². The van der Waals surface area contributed by atoms with Crippen LogP contribution in [0.4, 0.5) is 0 Å². The third-order valence-corrected chi connectivity index (χ3v) is 2.63. The Hall–Kier alpha value is -1.93. The van der Waals surface area contributed by atoms with E-state index in [1.807, 2.05) is 48.5 Å². The van der Waals surface area contributed by atoms with Crippen LogP contribution in [0.1, 0.15) is 15.9 Å². The van der Waals surface area contributed by atoms with Crippen molar-refractivity contribution in [2.24, 2.45) is 0 Å². The summed E-state index contributed by atoms with van der Waals surface area (Å²) in [6.45, 7) is 0. The first-order valence-corrected chi connectivity index (χ1v) is 5.50. The molecule has 0 amide bonds. The number of benzene rings is 2. The quantitative estimate of drug-likeness (QED) is 0.449. The van der Waals surface area contributed by atoms with Crippen LogP contribution in [-0.2, 0) is 4.79 Å². The van der Waals surface area contributed by atoms with E-state index >= 15 is 0 Å². The van der Waals surface area contributed by atoms with E-state index in [0.29, 0.717) is 0 Å². The van der Waals surface area contributed by atoms with E-state index in [1.165, 1.54) is 0 Å². The van der Waals surface area contributed by atoms with Crippen molar-refractivity contribution in [2.75, 3.05) is 0 Å². The molecule has 0 radical (unpaired) electrons. The molecule has 0 bridgehead atoms. The van der Waals surface area contributed by atoms with Crippen molar-refractivity contribution in [1.82, 2.24) is 0 Å². The molecule has 84 valence electrons. The zero-order valence-electron chi connectivity index (χ0n) is 8.89. The van der Waals surface area contributed by atoms with Crippen molar-refractivity contribution in [2.45, 2.75) is 0 Å². The second kappa shape index (κ2) is 4.93. The molecule has 0 heterocycles. The maximum atomic E-state index is 11.9. The van der Waals surface area contributed by atoms with Crippen LogP contribution in [-0.4, -0.2) is 11.5 Å². The topological polar surface area (TPSA) is 34.1 Å². The highest BCUT2D eigenvalue weighted by atomic mass is 35.5. The minimum atomic E-state index is 0.149. The Kier molecular flexibility index (Phi) is 3.35. The molecule has 0 saturated carbocycles. The number of carbonyl (C=O) groups excluding carboxylic acids is 2. The molecule has 0 atom stereocenters. The van der Waals surface area contributed by atoms with Crippen molar-refractivity contribution in [1.29, 1.82) is 0 Å². The summed E-state index contributed by atoms with van der Waals surface area (Å²) in [6.07, 6.45) is 0. The monoisotopic (exact) mass is 244 g/mol. The van der Waals surface area contributed by atoms with E-state index in [4.69, 9.17) is 4.79 Å². The van der Waals surface area contributed by atoms with Crippen molar-refractivity contribution in [3.63, 3.8) is 0 Å². The maximum absolute atomic E-state index is 11.9. The summed E-state index contributed by atoms with van der Waals surface area (Å²) in [6, 6.07) is 15.5. The van der Waals surface area contributed by atoms with Gasteiger partial charge in [-0.2, -0.15) is 0 Å². The van der Waals surface area contributed by atoms with Crippen molar-refractivity contribution < 1.29 is 9.59 Å². The molecule has 3 heteroatoms. The van der Waals surface area contributed by atoms with E-state index in [0.717, 1.165) is 22.3 Å². The van der Waals surface area contributed by atoms with Crippen LogP contribution in [0, 0.1) is 0 Å². The number of rotatable bonds is 0. The highest BCUT2D eigenvalue weighted by Gasteiger charge is 2.24. The van der Waals surface area contributed by atoms with Gasteiger partial charge in [0.1, 0.15) is 0 Å². The Bertz CT molecular complexity index is 528. The fraction of sp³-hybridized carbons (Fsp3) is 0. The molecule has 0 aliphatic heterocycles. The van der Waals surface area contributed by atoms with Gasteiger partial charge >= 0.3 is 0 Å². The third-order valence-electron chi connectivity index (χ3n) is 2.63. The Morgan fingerprint density at radius 1 is 0.765 bits per heavy atom. The minimum absolute atomic E-state index is 0.149. The van der Waals surface area contributed by atoms with Crippen molar-refractivity contribution >= 4 is 23.1 Å². The van der Waals surface area contributed by atoms with E-state index in [9.17, 15) is 4.79 Å². The van der Waals surface area contributed by atoms with Gasteiger partial charge in [-0.15, -0.1) is 0 Å². The normalized spacial score (nSPS) is 11.0. The summed E-state index contributed by atoms with van der Waals surface area (Å²) in [4.78, 5) is 20.5. The molecule has 2 aromatic carbocycles. The molecule has 0 fully saturated rings. The molecule has 2 nitrogen and oxygen atoms in total. The molecule has 0 aromatic heterocycles. The van der Waals surface area contributed by atoms with Crippen LogP contribution in [0.3, 0.4) is 0 Å². The largest absolute Gasteiger partial charge is 0.289 e. The van der Waals surface area contributed by atoms with E-state index in [1.54, 1.807) is 0 Å². The zero-order chi connectivity index (χ0) is 12.3. The number of halogens is 1. The second-order valence-electron chi connectivity index (χ2n) is 3.51. The molecule has 0 N–H and O–H groups in total. The van der Waals surface area contributed by atoms with Gasteiger partial charge in [-0.25, -0.2) is 0 Å². The van der Waals surface area contributed by atoms with Gasteiger partial charge in [-0.3, -0.25) is 9.59 Å². The average molecular weight is 245 g/mol. The summed E-state index contributed by atoms with van der Waals surface area (Å²) < 4.78 is 0. The first kappa shape index (κ1) is 11.6.